The monoisotopic (exact) mass is 289 g/mol. The van der Waals surface area contributed by atoms with Gasteiger partial charge in [-0.05, 0) is 6.07 Å². The van der Waals surface area contributed by atoms with Crippen LogP contribution in [-0.4, -0.2) is 60.1 Å². The summed E-state index contributed by atoms with van der Waals surface area (Å²) in [6.07, 6.45) is 3.97. The minimum Gasteiger partial charge on any atom is -0.506 e. The SMILES string of the molecule is O=C(O)c1cn(C2CN(C(=O)c3cncc(O)c3)C2)nn1. The third-order valence-electron chi connectivity index (χ3n) is 3.22. The lowest BCUT2D eigenvalue weighted by Crippen LogP contribution is -2.50. The molecule has 1 amide bonds. The van der Waals surface area contributed by atoms with Crippen molar-refractivity contribution in [1.82, 2.24) is 24.9 Å². The number of carboxylic acids is 1. The molecule has 9 heteroatoms. The van der Waals surface area contributed by atoms with Gasteiger partial charge in [0.15, 0.2) is 5.69 Å². The number of carbonyl (C=O) groups excluding carboxylic acids is 1. The van der Waals surface area contributed by atoms with E-state index < -0.39 is 5.97 Å². The zero-order valence-electron chi connectivity index (χ0n) is 10.7. The van der Waals surface area contributed by atoms with Crippen LogP contribution >= 0.6 is 0 Å². The zero-order chi connectivity index (χ0) is 15.0. The molecule has 0 radical (unpaired) electrons. The second-order valence-electron chi connectivity index (χ2n) is 4.68. The summed E-state index contributed by atoms with van der Waals surface area (Å²) in [7, 11) is 0. The predicted octanol–water partition coefficient (Wildman–Crippen LogP) is -0.226. The first-order valence-corrected chi connectivity index (χ1v) is 6.13. The number of rotatable bonds is 3. The number of hydrogen-bond donors (Lipinski definition) is 2. The summed E-state index contributed by atoms with van der Waals surface area (Å²) in [6, 6.07) is 1.25. The second-order valence-corrected chi connectivity index (χ2v) is 4.68. The third-order valence-corrected chi connectivity index (χ3v) is 3.22. The van der Waals surface area contributed by atoms with Gasteiger partial charge >= 0.3 is 5.97 Å². The number of aromatic hydroxyl groups is 1. The molecule has 21 heavy (non-hydrogen) atoms. The lowest BCUT2D eigenvalue weighted by molar-refractivity contribution is 0.0496. The lowest BCUT2D eigenvalue weighted by Gasteiger charge is -2.38. The minimum absolute atomic E-state index is 0.0692. The largest absolute Gasteiger partial charge is 0.506 e. The first kappa shape index (κ1) is 13.0. The van der Waals surface area contributed by atoms with Gasteiger partial charge in [-0.1, -0.05) is 5.21 Å². The average molecular weight is 289 g/mol. The molecule has 2 N–H and O–H groups in total. The van der Waals surface area contributed by atoms with Crippen LogP contribution in [0.2, 0.25) is 0 Å². The molecule has 0 aliphatic carbocycles. The standard InChI is InChI=1S/C12H11N5O4/c18-9-1-7(2-13-3-9)11(19)16-4-8(5-16)17-6-10(12(20)21)14-15-17/h1-3,6,8,18H,4-5H2,(H,20,21). The van der Waals surface area contributed by atoms with Crippen LogP contribution in [-0.2, 0) is 0 Å². The van der Waals surface area contributed by atoms with Crippen LogP contribution in [0.5, 0.6) is 5.75 Å². The van der Waals surface area contributed by atoms with E-state index in [0.29, 0.717) is 18.7 Å². The highest BCUT2D eigenvalue weighted by Gasteiger charge is 2.33. The van der Waals surface area contributed by atoms with Gasteiger partial charge in [-0.2, -0.15) is 0 Å². The van der Waals surface area contributed by atoms with Crippen LogP contribution < -0.4 is 0 Å². The Hall–Kier alpha value is -2.97. The normalized spacial score (nSPS) is 14.8. The smallest absolute Gasteiger partial charge is 0.358 e. The van der Waals surface area contributed by atoms with Crippen molar-refractivity contribution in [3.63, 3.8) is 0 Å². The molecule has 0 aromatic carbocycles. The predicted molar refractivity (Wildman–Crippen MR) is 67.8 cm³/mol. The Kier molecular flexibility index (Phi) is 3.01. The fourth-order valence-electron chi connectivity index (χ4n) is 2.07. The van der Waals surface area contributed by atoms with Gasteiger partial charge in [0.1, 0.15) is 5.75 Å². The number of amides is 1. The van der Waals surface area contributed by atoms with Gasteiger partial charge in [0, 0.05) is 19.3 Å². The van der Waals surface area contributed by atoms with E-state index in [1.54, 1.807) is 4.90 Å². The highest BCUT2D eigenvalue weighted by molar-refractivity contribution is 5.94. The summed E-state index contributed by atoms with van der Waals surface area (Å²) in [5, 5.41) is 25.3. The molecule has 1 aliphatic heterocycles. The van der Waals surface area contributed by atoms with E-state index in [-0.39, 0.29) is 23.4 Å². The molecule has 1 aliphatic rings. The van der Waals surface area contributed by atoms with Gasteiger partial charge in [-0.15, -0.1) is 5.10 Å². The molecule has 0 saturated carbocycles. The van der Waals surface area contributed by atoms with Crippen molar-refractivity contribution in [2.24, 2.45) is 0 Å². The Morgan fingerprint density at radius 3 is 2.67 bits per heavy atom. The highest BCUT2D eigenvalue weighted by atomic mass is 16.4. The minimum atomic E-state index is -1.14. The van der Waals surface area contributed by atoms with Crippen LogP contribution in [0.3, 0.4) is 0 Å². The topological polar surface area (TPSA) is 121 Å². The molecule has 1 fully saturated rings. The molecule has 108 valence electrons. The summed E-state index contributed by atoms with van der Waals surface area (Å²) in [5.74, 6) is -1.45. The summed E-state index contributed by atoms with van der Waals surface area (Å²) in [6.45, 7) is 0.799. The van der Waals surface area contributed by atoms with E-state index in [1.807, 2.05) is 0 Å². The fraction of sp³-hybridized carbons (Fsp3) is 0.250. The molecule has 3 heterocycles. The molecule has 0 bridgehead atoms. The molecular formula is C12H11N5O4. The number of likely N-dealkylation sites (tertiary alicyclic amines) is 1. The van der Waals surface area contributed by atoms with Crippen molar-refractivity contribution < 1.29 is 19.8 Å². The molecule has 0 unspecified atom stereocenters. The maximum absolute atomic E-state index is 12.1. The van der Waals surface area contributed by atoms with Crippen LogP contribution in [0.1, 0.15) is 26.9 Å². The lowest BCUT2D eigenvalue weighted by atomic mass is 10.1. The number of carbonyl (C=O) groups is 2. The zero-order valence-corrected chi connectivity index (χ0v) is 10.7. The van der Waals surface area contributed by atoms with E-state index in [9.17, 15) is 14.7 Å². The molecule has 2 aromatic heterocycles. The van der Waals surface area contributed by atoms with Gasteiger partial charge in [-0.3, -0.25) is 9.78 Å². The van der Waals surface area contributed by atoms with Gasteiger partial charge in [0.05, 0.1) is 24.0 Å². The number of hydrogen-bond acceptors (Lipinski definition) is 6. The average Bonchev–Trinajstić information content (AvgIpc) is 2.86. The summed E-state index contributed by atoms with van der Waals surface area (Å²) < 4.78 is 1.44. The second kappa shape index (κ2) is 4.85. The van der Waals surface area contributed by atoms with E-state index in [1.165, 1.54) is 29.3 Å². The molecule has 1 saturated heterocycles. The first-order valence-electron chi connectivity index (χ1n) is 6.13. The Morgan fingerprint density at radius 1 is 1.29 bits per heavy atom. The molecule has 3 rings (SSSR count). The van der Waals surface area contributed by atoms with Crippen molar-refractivity contribution in [2.45, 2.75) is 6.04 Å². The number of carboxylic acid groups (broad SMARTS) is 1. The molecule has 9 nitrogen and oxygen atoms in total. The van der Waals surface area contributed by atoms with E-state index in [0.717, 1.165) is 0 Å². The van der Waals surface area contributed by atoms with Crippen LogP contribution in [0.4, 0.5) is 0 Å². The fourth-order valence-corrected chi connectivity index (χ4v) is 2.07. The van der Waals surface area contributed by atoms with Crippen molar-refractivity contribution in [3.8, 4) is 5.75 Å². The van der Waals surface area contributed by atoms with Crippen molar-refractivity contribution in [2.75, 3.05) is 13.1 Å². The number of aromatic carboxylic acids is 1. The molecule has 0 spiro atoms. The number of pyridine rings is 1. The maximum Gasteiger partial charge on any atom is 0.358 e. The first-order chi connectivity index (χ1) is 10.0. The van der Waals surface area contributed by atoms with Crippen molar-refractivity contribution in [1.29, 1.82) is 0 Å². The molecule has 0 atom stereocenters. The molecule has 2 aromatic rings. The van der Waals surface area contributed by atoms with Gasteiger partial charge in [-0.25, -0.2) is 9.48 Å². The Labute approximate surface area is 118 Å². The van der Waals surface area contributed by atoms with E-state index in [2.05, 4.69) is 15.3 Å². The van der Waals surface area contributed by atoms with Gasteiger partial charge in [0.25, 0.3) is 5.91 Å². The summed E-state index contributed by atoms with van der Waals surface area (Å²) >= 11 is 0. The van der Waals surface area contributed by atoms with E-state index >= 15 is 0 Å². The van der Waals surface area contributed by atoms with E-state index in [4.69, 9.17) is 5.11 Å². The summed E-state index contributed by atoms with van der Waals surface area (Å²) in [5.41, 5.74) is 0.176. The quantitative estimate of drug-likeness (QED) is 0.800. The summed E-state index contributed by atoms with van der Waals surface area (Å²) in [4.78, 5) is 28.1. The van der Waals surface area contributed by atoms with Crippen LogP contribution in [0.15, 0.2) is 24.7 Å². The Balaban J connectivity index is 1.65. The van der Waals surface area contributed by atoms with Crippen molar-refractivity contribution >= 4 is 11.9 Å². The Morgan fingerprint density at radius 2 is 2.05 bits per heavy atom. The van der Waals surface area contributed by atoms with Crippen LogP contribution in [0.25, 0.3) is 0 Å². The van der Waals surface area contributed by atoms with Gasteiger partial charge < -0.3 is 15.1 Å². The van der Waals surface area contributed by atoms with Gasteiger partial charge in [0.2, 0.25) is 0 Å². The maximum atomic E-state index is 12.1. The number of nitrogens with zero attached hydrogens (tertiary/aromatic N) is 5. The van der Waals surface area contributed by atoms with Crippen molar-refractivity contribution in [3.05, 3.63) is 35.9 Å². The Bertz CT molecular complexity index is 707. The number of aromatic nitrogens is 4. The third kappa shape index (κ3) is 2.40. The highest BCUT2D eigenvalue weighted by Crippen LogP contribution is 2.23. The molecular weight excluding hydrogens is 278 g/mol. The van der Waals surface area contributed by atoms with Crippen LogP contribution in [0, 0.1) is 0 Å².